The Morgan fingerprint density at radius 2 is 1.33 bits per heavy atom. The summed E-state index contributed by atoms with van der Waals surface area (Å²) in [4.78, 5) is 35.8. The van der Waals surface area contributed by atoms with Crippen LogP contribution in [-0.2, 0) is 11.2 Å². The topological polar surface area (TPSA) is 120 Å². The summed E-state index contributed by atoms with van der Waals surface area (Å²) >= 11 is 0. The molecule has 0 fully saturated rings. The fraction of sp³-hybridized carbons (Fsp3) is 0.133. The Kier molecular flexibility index (Phi) is 7.49. The third kappa shape index (κ3) is 6.04. The van der Waals surface area contributed by atoms with Crippen LogP contribution in [0.1, 0.15) is 22.6 Å². The number of hydrogen-bond acceptors (Lipinski definition) is 6. The highest BCUT2D eigenvalue weighted by atomic mass is 16.6. The first-order valence-electron chi connectivity index (χ1n) is 12.4. The van der Waals surface area contributed by atoms with Crippen LogP contribution in [0.5, 0.6) is 5.75 Å². The van der Waals surface area contributed by atoms with Crippen LogP contribution in [-0.4, -0.2) is 29.9 Å². The predicted octanol–water partition coefficient (Wildman–Crippen LogP) is 5.79. The van der Waals surface area contributed by atoms with Crippen molar-refractivity contribution in [2.75, 3.05) is 6.61 Å². The summed E-state index contributed by atoms with van der Waals surface area (Å²) in [5.74, 6) is 0.0217. The maximum atomic E-state index is 12.9. The van der Waals surface area contributed by atoms with Gasteiger partial charge in [0.25, 0.3) is 5.69 Å². The molecule has 0 bridgehead atoms. The molecule has 4 aromatic rings. The van der Waals surface area contributed by atoms with Gasteiger partial charge < -0.3 is 20.1 Å². The Balaban J connectivity index is 1.24. The van der Waals surface area contributed by atoms with Crippen LogP contribution in [0.3, 0.4) is 0 Å². The number of ether oxygens (including phenoxy) is 2. The molecule has 0 spiro atoms. The molecule has 0 saturated heterocycles. The maximum absolute atomic E-state index is 12.9. The van der Waals surface area contributed by atoms with Crippen molar-refractivity contribution >= 4 is 17.9 Å². The predicted molar refractivity (Wildman–Crippen MR) is 144 cm³/mol. The lowest BCUT2D eigenvalue weighted by molar-refractivity contribution is -0.384. The van der Waals surface area contributed by atoms with E-state index in [1.54, 1.807) is 0 Å². The van der Waals surface area contributed by atoms with E-state index in [-0.39, 0.29) is 30.4 Å². The molecule has 2 N–H and O–H groups in total. The third-order valence-corrected chi connectivity index (χ3v) is 6.47. The van der Waals surface area contributed by atoms with E-state index in [1.165, 1.54) is 24.3 Å². The quantitative estimate of drug-likeness (QED) is 0.171. The molecule has 9 nitrogen and oxygen atoms in total. The molecule has 1 atom stereocenters. The largest absolute Gasteiger partial charge is 0.449 e. The van der Waals surface area contributed by atoms with Crippen molar-refractivity contribution in [3.8, 4) is 16.9 Å². The molecule has 0 heterocycles. The Hall–Kier alpha value is -5.18. The van der Waals surface area contributed by atoms with Gasteiger partial charge in [-0.3, -0.25) is 10.1 Å². The highest BCUT2D eigenvalue weighted by Crippen LogP contribution is 2.44. The first-order valence-corrected chi connectivity index (χ1v) is 12.4. The minimum absolute atomic E-state index is 0.101. The Morgan fingerprint density at radius 1 is 0.769 bits per heavy atom. The van der Waals surface area contributed by atoms with Gasteiger partial charge in [-0.1, -0.05) is 78.9 Å². The molecular formula is C30H25N3O6. The number of amides is 2. The van der Waals surface area contributed by atoms with E-state index in [4.69, 9.17) is 9.47 Å². The molecule has 0 aromatic heterocycles. The number of carbonyl (C=O) groups is 2. The van der Waals surface area contributed by atoms with Crippen molar-refractivity contribution in [2.24, 2.45) is 0 Å². The molecule has 4 aromatic carbocycles. The standard InChI is InChI=1S/C30H25N3O6/c34-29(38-19-27-25-12-6-4-10-23(25)24-11-5-7-13-26(24)27)31-28(18-20-8-2-1-3-9-20)32-30(35)39-22-16-14-21(15-17-22)33(36)37/h1-17,27-28H,18-19H2,(H,31,34)(H,32,35)/t28-/m1/s1. The van der Waals surface area contributed by atoms with Crippen LogP contribution in [0.2, 0.25) is 0 Å². The van der Waals surface area contributed by atoms with Crippen molar-refractivity contribution in [3.63, 3.8) is 0 Å². The Morgan fingerprint density at radius 3 is 1.95 bits per heavy atom. The molecule has 9 heteroatoms. The van der Waals surface area contributed by atoms with E-state index < -0.39 is 23.3 Å². The zero-order chi connectivity index (χ0) is 27.2. The number of alkyl carbamates (subject to hydrolysis) is 1. The van der Waals surface area contributed by atoms with Crippen molar-refractivity contribution in [3.05, 3.63) is 130 Å². The zero-order valence-electron chi connectivity index (χ0n) is 20.8. The molecule has 0 saturated carbocycles. The van der Waals surface area contributed by atoms with Gasteiger partial charge in [0.1, 0.15) is 18.5 Å². The van der Waals surface area contributed by atoms with E-state index in [0.717, 1.165) is 27.8 Å². The molecule has 0 aliphatic heterocycles. The molecule has 196 valence electrons. The lowest BCUT2D eigenvalue weighted by Gasteiger charge is -2.21. The van der Waals surface area contributed by atoms with Crippen molar-refractivity contribution in [2.45, 2.75) is 18.5 Å². The fourth-order valence-electron chi connectivity index (χ4n) is 4.68. The Bertz CT molecular complexity index is 1440. The monoisotopic (exact) mass is 523 g/mol. The molecular weight excluding hydrogens is 498 g/mol. The number of carbonyl (C=O) groups excluding carboxylic acids is 2. The van der Waals surface area contributed by atoms with Crippen LogP contribution >= 0.6 is 0 Å². The highest BCUT2D eigenvalue weighted by Gasteiger charge is 2.29. The maximum Gasteiger partial charge on any atom is 0.414 e. The summed E-state index contributed by atoms with van der Waals surface area (Å²) in [7, 11) is 0. The van der Waals surface area contributed by atoms with Gasteiger partial charge >= 0.3 is 12.2 Å². The van der Waals surface area contributed by atoms with E-state index >= 15 is 0 Å². The minimum Gasteiger partial charge on any atom is -0.449 e. The van der Waals surface area contributed by atoms with Gasteiger partial charge in [0.05, 0.1) is 4.92 Å². The van der Waals surface area contributed by atoms with Crippen LogP contribution < -0.4 is 15.4 Å². The molecule has 1 aliphatic carbocycles. The fourth-order valence-corrected chi connectivity index (χ4v) is 4.68. The second-order valence-corrected chi connectivity index (χ2v) is 9.00. The number of nitrogens with one attached hydrogen (secondary N) is 2. The first-order chi connectivity index (χ1) is 19.0. The Labute approximate surface area is 224 Å². The third-order valence-electron chi connectivity index (χ3n) is 6.47. The average molecular weight is 524 g/mol. The van der Waals surface area contributed by atoms with Crippen molar-refractivity contribution < 1.29 is 24.0 Å². The number of benzene rings is 4. The van der Waals surface area contributed by atoms with Gasteiger partial charge in [-0.05, 0) is 39.9 Å². The lowest BCUT2D eigenvalue weighted by Crippen LogP contribution is -2.50. The average Bonchev–Trinajstić information content (AvgIpc) is 3.26. The SMILES string of the molecule is O=C(N[C@@H](Cc1ccccc1)NC(=O)Oc1ccc([N+](=O)[O-])cc1)OCC1c2ccccc2-c2ccccc21. The highest BCUT2D eigenvalue weighted by molar-refractivity contribution is 5.79. The van der Waals surface area contributed by atoms with Gasteiger partial charge in [-0.15, -0.1) is 0 Å². The number of nitrogens with zero attached hydrogens (tertiary/aromatic N) is 1. The smallest absolute Gasteiger partial charge is 0.414 e. The second-order valence-electron chi connectivity index (χ2n) is 9.00. The zero-order valence-corrected chi connectivity index (χ0v) is 20.8. The van der Waals surface area contributed by atoms with Crippen molar-refractivity contribution in [1.82, 2.24) is 10.6 Å². The van der Waals surface area contributed by atoms with Gasteiger partial charge in [0.15, 0.2) is 0 Å². The summed E-state index contributed by atoms with van der Waals surface area (Å²) in [6.07, 6.45) is -2.08. The normalized spacial score (nSPS) is 12.5. The summed E-state index contributed by atoms with van der Waals surface area (Å²) < 4.78 is 10.9. The van der Waals surface area contributed by atoms with E-state index in [2.05, 4.69) is 22.8 Å². The van der Waals surface area contributed by atoms with Crippen LogP contribution in [0.4, 0.5) is 15.3 Å². The summed E-state index contributed by atoms with van der Waals surface area (Å²) in [5.41, 5.74) is 5.19. The van der Waals surface area contributed by atoms with E-state index in [1.807, 2.05) is 66.7 Å². The van der Waals surface area contributed by atoms with Crippen LogP contribution in [0.15, 0.2) is 103 Å². The van der Waals surface area contributed by atoms with Crippen molar-refractivity contribution in [1.29, 1.82) is 0 Å². The van der Waals surface area contributed by atoms with E-state index in [0.29, 0.717) is 0 Å². The molecule has 39 heavy (non-hydrogen) atoms. The number of hydrogen-bond donors (Lipinski definition) is 2. The molecule has 2 amide bonds. The van der Waals surface area contributed by atoms with Gasteiger partial charge in [-0.2, -0.15) is 0 Å². The molecule has 0 unspecified atom stereocenters. The number of rotatable bonds is 8. The van der Waals surface area contributed by atoms with Gasteiger partial charge in [0.2, 0.25) is 0 Å². The molecule has 0 radical (unpaired) electrons. The summed E-state index contributed by atoms with van der Waals surface area (Å²) in [6.45, 7) is 0.130. The minimum atomic E-state index is -0.839. The number of non-ortho nitro benzene ring substituents is 1. The summed E-state index contributed by atoms with van der Waals surface area (Å²) in [5, 5.41) is 16.2. The van der Waals surface area contributed by atoms with E-state index in [9.17, 15) is 19.7 Å². The number of nitro benzene ring substituents is 1. The van der Waals surface area contributed by atoms with Crippen LogP contribution in [0, 0.1) is 10.1 Å². The summed E-state index contributed by atoms with van der Waals surface area (Å²) in [6, 6.07) is 30.5. The van der Waals surface area contributed by atoms with Gasteiger partial charge in [0, 0.05) is 24.5 Å². The number of fused-ring (bicyclic) bond motifs is 3. The lowest BCUT2D eigenvalue weighted by atomic mass is 9.98. The van der Waals surface area contributed by atoms with Crippen LogP contribution in [0.25, 0.3) is 11.1 Å². The first kappa shape index (κ1) is 25.5. The molecule has 1 aliphatic rings. The molecule has 5 rings (SSSR count). The second kappa shape index (κ2) is 11.5. The number of nitro groups is 1. The van der Waals surface area contributed by atoms with Gasteiger partial charge in [-0.25, -0.2) is 9.59 Å².